The summed E-state index contributed by atoms with van der Waals surface area (Å²) in [5, 5.41) is 109. The third kappa shape index (κ3) is 38.4. The van der Waals surface area contributed by atoms with Crippen molar-refractivity contribution < 1.29 is 150 Å². The SMILES string of the molecule is COP(O)(=S)OCCCCCCNC(=O)CN(CCCN(CC(=O)NCCOCCOCCOC1OC(CO)C(O)C(O)C1NC(C)=O)CC(=O)NCCOCCOCCOC1OC(CO)C(O)C(O)C1NC(C)=O)CC(=O)NCCOCCOCCOC1OC(CO)C(O)C(O)C1NC(C)=O. The molecule has 42 heteroatoms. The number of unbranched alkanes of at least 4 members (excludes halogenated alkanes) is 3. The summed E-state index contributed by atoms with van der Waals surface area (Å²) >= 11 is 4.85. The molecule has 0 radical (unpaired) electrons. The molecule has 0 bridgehead atoms. The molecule has 3 saturated heterocycles. The molecule has 0 spiro atoms. The van der Waals surface area contributed by atoms with E-state index < -0.39 is 154 Å². The van der Waals surface area contributed by atoms with E-state index in [1.807, 2.05) is 0 Å². The molecule has 3 aliphatic rings. The second-order valence-corrected chi connectivity index (χ2v) is 26.6. The Balaban J connectivity index is 1.54. The topological polar surface area (TPSA) is 542 Å². The summed E-state index contributed by atoms with van der Waals surface area (Å²) in [6, 6.07) is -3.34. The lowest BCUT2D eigenvalue weighted by Gasteiger charge is -2.42. The average Bonchev–Trinajstić information content (AvgIpc) is 0.823. The van der Waals surface area contributed by atoms with Crippen molar-refractivity contribution in [3.05, 3.63) is 0 Å². The Morgan fingerprint density at radius 2 is 0.676 bits per heavy atom. The fourth-order valence-electron chi connectivity index (χ4n) is 10.3. The van der Waals surface area contributed by atoms with Gasteiger partial charge in [0.05, 0.1) is 152 Å². The van der Waals surface area contributed by atoms with Crippen LogP contribution in [0.4, 0.5) is 0 Å². The number of hydrogen-bond acceptors (Lipinski definition) is 33. The summed E-state index contributed by atoms with van der Waals surface area (Å²) in [7, 11) is 1.27. The Morgan fingerprint density at radius 1 is 0.392 bits per heavy atom. The van der Waals surface area contributed by atoms with E-state index in [0.29, 0.717) is 19.4 Å². The van der Waals surface area contributed by atoms with Crippen LogP contribution in [-0.4, -0.2) is 392 Å². The standard InChI is InChI=1S/C60H112N9O31PS/c1-39(73)65-49-55(83)52(80)42(36-70)98-58(49)94-29-26-91-23-20-88-17-11-62-46(77)33-68(32-45(76)61-10-7-5-6-8-16-97-101(86,102)87-4)14-9-15-69(34-47(78)63-12-18-89-21-24-92-27-30-95-59-50(66-40(2)74)56(84)53(81)43(37-71)99-59)35-48(79)64-13-19-90-22-25-93-28-31-96-60-51(67-41(3)75)57(85)54(82)44(38-72)100-60/h42-44,49-60,70-72,80-85H,5-38H2,1-4H3,(H,61,76)(H,62,77)(H,63,78)(H,64,79)(H,65,73)(H,66,74)(H,67,75)(H,86,102). The van der Waals surface area contributed by atoms with E-state index in [0.717, 1.165) is 12.8 Å². The van der Waals surface area contributed by atoms with Gasteiger partial charge in [0.1, 0.15) is 73.1 Å². The monoisotopic (exact) mass is 1520 g/mol. The predicted molar refractivity (Wildman–Crippen MR) is 356 cm³/mol. The lowest BCUT2D eigenvalue weighted by Crippen LogP contribution is -2.64. The molecular formula is C60H112N9O31PS. The summed E-state index contributed by atoms with van der Waals surface area (Å²) in [5.74, 6) is -3.19. The smallest absolute Gasteiger partial charge is 0.324 e. The largest absolute Gasteiger partial charge is 0.394 e. The minimum Gasteiger partial charge on any atom is -0.394 e. The van der Waals surface area contributed by atoms with Gasteiger partial charge in [0, 0.05) is 67.1 Å². The molecule has 0 aromatic heterocycles. The molecular weight excluding hydrogens is 1410 g/mol. The van der Waals surface area contributed by atoms with E-state index >= 15 is 0 Å². The molecule has 102 heavy (non-hydrogen) atoms. The van der Waals surface area contributed by atoms with E-state index in [-0.39, 0.29) is 177 Å². The maximum Gasteiger partial charge on any atom is 0.324 e. The predicted octanol–water partition coefficient (Wildman–Crippen LogP) is -9.13. The number of aliphatic hydroxyl groups excluding tert-OH is 9. The molecule has 3 fully saturated rings. The van der Waals surface area contributed by atoms with E-state index in [1.54, 1.807) is 9.80 Å². The first-order valence-corrected chi connectivity index (χ1v) is 36.5. The quantitative estimate of drug-likeness (QED) is 0.0199. The first-order chi connectivity index (χ1) is 48.8. The van der Waals surface area contributed by atoms with Crippen LogP contribution >= 0.6 is 6.72 Å². The van der Waals surface area contributed by atoms with Crippen molar-refractivity contribution in [2.45, 2.75) is 145 Å². The van der Waals surface area contributed by atoms with Gasteiger partial charge in [0.2, 0.25) is 41.4 Å². The second-order valence-electron chi connectivity index (χ2n) is 23.7. The molecule has 16 unspecified atom stereocenters. The molecule has 3 rings (SSSR count). The molecule has 3 aliphatic heterocycles. The highest BCUT2D eigenvalue weighted by molar-refractivity contribution is 8.07. The number of carbonyl (C=O) groups is 7. The van der Waals surface area contributed by atoms with Gasteiger partial charge in [0.25, 0.3) is 0 Å². The fraction of sp³-hybridized carbons (Fsp3) is 0.883. The van der Waals surface area contributed by atoms with Gasteiger partial charge < -0.3 is 154 Å². The van der Waals surface area contributed by atoms with E-state index in [4.69, 9.17) is 77.7 Å². The maximum atomic E-state index is 13.4. The number of aliphatic hydroxyl groups is 9. The Morgan fingerprint density at radius 3 is 0.971 bits per heavy atom. The summed E-state index contributed by atoms with van der Waals surface area (Å²) in [6.45, 7) is -0.199. The van der Waals surface area contributed by atoms with Gasteiger partial charge in [-0.1, -0.05) is 12.8 Å². The van der Waals surface area contributed by atoms with Crippen molar-refractivity contribution in [1.29, 1.82) is 0 Å². The van der Waals surface area contributed by atoms with Crippen LogP contribution in [0.25, 0.3) is 0 Å². The van der Waals surface area contributed by atoms with Crippen molar-refractivity contribution in [1.82, 2.24) is 47.0 Å². The molecule has 594 valence electrons. The van der Waals surface area contributed by atoms with Crippen LogP contribution in [0.2, 0.25) is 0 Å². The van der Waals surface area contributed by atoms with E-state index in [2.05, 4.69) is 37.2 Å². The Hall–Kier alpha value is -4.10. The lowest BCUT2D eigenvalue weighted by molar-refractivity contribution is -0.272. The zero-order valence-corrected chi connectivity index (χ0v) is 60.2. The highest BCUT2D eigenvalue weighted by Crippen LogP contribution is 2.42. The van der Waals surface area contributed by atoms with Crippen LogP contribution in [-0.2, 0) is 111 Å². The number of amides is 7. The number of nitrogens with one attached hydrogen (secondary N) is 7. The normalized spacial score (nSPS) is 25.7. The highest BCUT2D eigenvalue weighted by atomic mass is 32.5. The molecule has 7 amide bonds. The lowest BCUT2D eigenvalue weighted by atomic mass is 9.97. The van der Waals surface area contributed by atoms with Gasteiger partial charge in [-0.15, -0.1) is 0 Å². The minimum absolute atomic E-state index is 0.0431. The van der Waals surface area contributed by atoms with Gasteiger partial charge in [-0.25, -0.2) is 0 Å². The van der Waals surface area contributed by atoms with Crippen LogP contribution in [0, 0.1) is 0 Å². The maximum absolute atomic E-state index is 13.4. The van der Waals surface area contributed by atoms with Gasteiger partial charge in [-0.2, -0.15) is 0 Å². The third-order valence-electron chi connectivity index (χ3n) is 15.4. The molecule has 16 atom stereocenters. The number of hydrogen-bond donors (Lipinski definition) is 17. The first-order valence-electron chi connectivity index (χ1n) is 33.9. The Labute approximate surface area is 598 Å². The number of rotatable bonds is 57. The summed E-state index contributed by atoms with van der Waals surface area (Å²) < 4.78 is 77.0. The zero-order chi connectivity index (χ0) is 75.2. The molecule has 0 aromatic rings. The van der Waals surface area contributed by atoms with Gasteiger partial charge in [-0.3, -0.25) is 43.4 Å². The van der Waals surface area contributed by atoms with Crippen LogP contribution < -0.4 is 37.2 Å². The molecule has 3 heterocycles. The Bertz CT molecular complexity index is 2330. The van der Waals surface area contributed by atoms with Crippen molar-refractivity contribution in [3.63, 3.8) is 0 Å². The van der Waals surface area contributed by atoms with Crippen molar-refractivity contribution in [3.8, 4) is 0 Å². The van der Waals surface area contributed by atoms with E-state index in [9.17, 15) is 84.4 Å². The molecule has 17 N–H and O–H groups in total. The molecule has 0 saturated carbocycles. The zero-order valence-electron chi connectivity index (χ0n) is 58.5. The average molecular weight is 1520 g/mol. The highest BCUT2D eigenvalue weighted by Gasteiger charge is 2.48. The van der Waals surface area contributed by atoms with Gasteiger partial charge in [-0.05, 0) is 31.1 Å². The summed E-state index contributed by atoms with van der Waals surface area (Å²) in [4.78, 5) is 102. The van der Waals surface area contributed by atoms with Gasteiger partial charge >= 0.3 is 6.72 Å². The summed E-state index contributed by atoms with van der Waals surface area (Å²) in [6.07, 6.45) is -12.9. The van der Waals surface area contributed by atoms with Crippen molar-refractivity contribution in [2.24, 2.45) is 0 Å². The van der Waals surface area contributed by atoms with Crippen molar-refractivity contribution >= 4 is 59.9 Å². The van der Waals surface area contributed by atoms with Crippen LogP contribution in [0.3, 0.4) is 0 Å². The third-order valence-corrected chi connectivity index (χ3v) is 17.1. The van der Waals surface area contributed by atoms with Gasteiger partial charge in [0.15, 0.2) is 18.9 Å². The number of ether oxygens (including phenoxy) is 12. The molecule has 40 nitrogen and oxygen atoms in total. The number of nitrogens with zero attached hydrogens (tertiary/aromatic N) is 2. The van der Waals surface area contributed by atoms with Crippen LogP contribution in [0.1, 0.15) is 52.9 Å². The Kier molecular flexibility index (Phi) is 48.4. The van der Waals surface area contributed by atoms with Crippen molar-refractivity contribution in [2.75, 3.05) is 198 Å². The second kappa shape index (κ2) is 53.6. The minimum atomic E-state index is -3.26. The first kappa shape index (κ1) is 92.1. The summed E-state index contributed by atoms with van der Waals surface area (Å²) in [5.41, 5.74) is 0. The van der Waals surface area contributed by atoms with E-state index in [1.165, 1.54) is 27.9 Å². The fourth-order valence-corrected chi connectivity index (χ4v) is 11.0. The van der Waals surface area contributed by atoms with Crippen LogP contribution in [0.5, 0.6) is 0 Å². The molecule has 0 aromatic carbocycles. The molecule has 0 aliphatic carbocycles. The van der Waals surface area contributed by atoms with Crippen LogP contribution in [0.15, 0.2) is 0 Å². The number of carbonyl (C=O) groups excluding carboxylic acids is 7.